The molecule has 1 aromatic rings. The molecule has 1 N–H and O–H groups in total. The molecule has 2 nitrogen and oxygen atoms in total. The first-order valence-corrected chi connectivity index (χ1v) is 7.64. The molecule has 0 bridgehead atoms. The molecule has 0 radical (unpaired) electrons. The van der Waals surface area contributed by atoms with Gasteiger partial charge in [-0.2, -0.15) is 0 Å². The number of rotatable bonds is 5. The summed E-state index contributed by atoms with van der Waals surface area (Å²) in [7, 11) is 0. The third-order valence-corrected chi connectivity index (χ3v) is 3.89. The van der Waals surface area contributed by atoms with Crippen LogP contribution in [0.1, 0.15) is 50.3 Å². The van der Waals surface area contributed by atoms with E-state index < -0.39 is 0 Å². The number of benzene rings is 1. The summed E-state index contributed by atoms with van der Waals surface area (Å²) in [6.45, 7) is 7.53. The molecular weight excluding hydrogens is 234 g/mol. The van der Waals surface area contributed by atoms with Crippen molar-refractivity contribution >= 4 is 0 Å². The highest BCUT2D eigenvalue weighted by molar-refractivity contribution is 5.24. The lowest BCUT2D eigenvalue weighted by Crippen LogP contribution is -2.33. The fourth-order valence-corrected chi connectivity index (χ4v) is 2.84. The Kier molecular flexibility index (Phi) is 5.41. The van der Waals surface area contributed by atoms with Gasteiger partial charge in [0.1, 0.15) is 0 Å². The topological polar surface area (TPSA) is 23.5 Å². The Morgan fingerprint density at radius 3 is 2.26 bits per heavy atom. The maximum Gasteiger partial charge on any atom is 0.0916 e. The van der Waals surface area contributed by atoms with E-state index in [-0.39, 0.29) is 6.10 Å². The monoisotopic (exact) mass is 261 g/mol. The second-order valence-electron chi connectivity index (χ2n) is 6.22. The molecule has 1 aromatic carbocycles. The lowest BCUT2D eigenvalue weighted by molar-refractivity contribution is 0.101. The highest BCUT2D eigenvalue weighted by atomic mass is 16.3. The Hall–Kier alpha value is -0.860. The van der Waals surface area contributed by atoms with Crippen LogP contribution in [0, 0.1) is 5.92 Å². The normalized spacial score (nSPS) is 18.7. The van der Waals surface area contributed by atoms with Gasteiger partial charge in [-0.1, -0.05) is 44.5 Å². The second-order valence-corrected chi connectivity index (χ2v) is 6.22. The average Bonchev–Trinajstić information content (AvgIpc) is 2.40. The highest BCUT2D eigenvalue weighted by Gasteiger charge is 2.15. The SMILES string of the molecule is CC(C)Cc1ccc(C(O)CN2CCCCC2)cc1. The first-order valence-electron chi connectivity index (χ1n) is 7.64. The molecule has 106 valence electrons. The number of aliphatic hydroxyl groups excluding tert-OH is 1. The van der Waals surface area contributed by atoms with Crippen molar-refractivity contribution in [2.75, 3.05) is 19.6 Å². The lowest BCUT2D eigenvalue weighted by atomic mass is 10.00. The Morgan fingerprint density at radius 2 is 1.68 bits per heavy atom. The minimum atomic E-state index is -0.341. The van der Waals surface area contributed by atoms with E-state index in [9.17, 15) is 5.11 Å². The van der Waals surface area contributed by atoms with E-state index in [1.165, 1.54) is 24.8 Å². The van der Waals surface area contributed by atoms with E-state index in [1.54, 1.807) is 0 Å². The van der Waals surface area contributed by atoms with E-state index >= 15 is 0 Å². The average molecular weight is 261 g/mol. The molecule has 0 aromatic heterocycles. The summed E-state index contributed by atoms with van der Waals surface area (Å²) >= 11 is 0. The number of hydrogen-bond donors (Lipinski definition) is 1. The van der Waals surface area contributed by atoms with Crippen LogP contribution in [0.5, 0.6) is 0 Å². The highest BCUT2D eigenvalue weighted by Crippen LogP contribution is 2.19. The van der Waals surface area contributed by atoms with E-state index in [0.717, 1.165) is 31.6 Å². The predicted octanol–water partition coefficient (Wildman–Crippen LogP) is 3.40. The van der Waals surface area contributed by atoms with Crippen molar-refractivity contribution in [3.8, 4) is 0 Å². The van der Waals surface area contributed by atoms with Gasteiger partial charge in [0.05, 0.1) is 6.10 Å². The quantitative estimate of drug-likeness (QED) is 0.878. The summed E-state index contributed by atoms with van der Waals surface area (Å²) in [5.74, 6) is 0.684. The largest absolute Gasteiger partial charge is 0.387 e. The Labute approximate surface area is 117 Å². The fourth-order valence-electron chi connectivity index (χ4n) is 2.84. The number of β-amino-alcohol motifs (C(OH)–C–C–N with tert-alkyl or cyclic N) is 1. The standard InChI is InChI=1S/C17H27NO/c1-14(2)12-15-6-8-16(9-7-15)17(19)13-18-10-4-3-5-11-18/h6-9,14,17,19H,3-5,10-13H2,1-2H3. The summed E-state index contributed by atoms with van der Waals surface area (Å²) in [5.41, 5.74) is 2.42. The number of likely N-dealkylation sites (tertiary alicyclic amines) is 1. The zero-order chi connectivity index (χ0) is 13.7. The van der Waals surface area contributed by atoms with E-state index in [2.05, 4.69) is 43.0 Å². The van der Waals surface area contributed by atoms with Crippen LogP contribution < -0.4 is 0 Å². The molecule has 1 fully saturated rings. The number of nitrogens with zero attached hydrogens (tertiary/aromatic N) is 1. The molecule has 0 aliphatic carbocycles. The molecule has 19 heavy (non-hydrogen) atoms. The second kappa shape index (κ2) is 7.06. The summed E-state index contributed by atoms with van der Waals surface area (Å²) in [6, 6.07) is 8.50. The van der Waals surface area contributed by atoms with Gasteiger partial charge >= 0.3 is 0 Å². The molecule has 1 unspecified atom stereocenters. The van der Waals surface area contributed by atoms with Gasteiger partial charge in [0.25, 0.3) is 0 Å². The van der Waals surface area contributed by atoms with Gasteiger partial charge in [-0.25, -0.2) is 0 Å². The molecular formula is C17H27NO. The predicted molar refractivity (Wildman–Crippen MR) is 80.2 cm³/mol. The molecule has 1 aliphatic heterocycles. The van der Waals surface area contributed by atoms with Crippen LogP contribution in [0.4, 0.5) is 0 Å². The summed E-state index contributed by atoms with van der Waals surface area (Å²) in [5, 5.41) is 10.3. The number of piperidine rings is 1. The molecule has 1 atom stereocenters. The number of hydrogen-bond acceptors (Lipinski definition) is 2. The fraction of sp³-hybridized carbons (Fsp3) is 0.647. The molecule has 1 aliphatic rings. The third kappa shape index (κ3) is 4.63. The zero-order valence-electron chi connectivity index (χ0n) is 12.3. The van der Waals surface area contributed by atoms with Gasteiger partial charge in [0.2, 0.25) is 0 Å². The minimum absolute atomic E-state index is 0.341. The molecule has 2 rings (SSSR count). The summed E-state index contributed by atoms with van der Waals surface area (Å²) in [4.78, 5) is 2.39. The minimum Gasteiger partial charge on any atom is -0.387 e. The van der Waals surface area contributed by atoms with Crippen LogP contribution in [-0.2, 0) is 6.42 Å². The van der Waals surface area contributed by atoms with Crippen LogP contribution in [0.3, 0.4) is 0 Å². The Balaban J connectivity index is 1.89. The maximum absolute atomic E-state index is 10.3. The van der Waals surface area contributed by atoms with Gasteiger partial charge in [-0.3, -0.25) is 0 Å². The maximum atomic E-state index is 10.3. The van der Waals surface area contributed by atoms with Crippen LogP contribution >= 0.6 is 0 Å². The van der Waals surface area contributed by atoms with Crippen molar-refractivity contribution < 1.29 is 5.11 Å². The van der Waals surface area contributed by atoms with Crippen molar-refractivity contribution in [1.82, 2.24) is 4.90 Å². The molecule has 0 spiro atoms. The van der Waals surface area contributed by atoms with Crippen LogP contribution in [-0.4, -0.2) is 29.6 Å². The van der Waals surface area contributed by atoms with Crippen molar-refractivity contribution in [2.45, 2.75) is 45.6 Å². The van der Waals surface area contributed by atoms with Gasteiger partial charge in [-0.05, 0) is 49.4 Å². The van der Waals surface area contributed by atoms with Crippen molar-refractivity contribution in [3.63, 3.8) is 0 Å². The molecule has 0 saturated carbocycles. The van der Waals surface area contributed by atoms with E-state index in [4.69, 9.17) is 0 Å². The smallest absolute Gasteiger partial charge is 0.0916 e. The number of aliphatic hydroxyl groups is 1. The Bertz CT molecular complexity index is 365. The zero-order valence-corrected chi connectivity index (χ0v) is 12.3. The van der Waals surface area contributed by atoms with Gasteiger partial charge < -0.3 is 10.0 Å². The van der Waals surface area contributed by atoms with Crippen LogP contribution in [0.15, 0.2) is 24.3 Å². The molecule has 0 amide bonds. The Morgan fingerprint density at radius 1 is 1.05 bits per heavy atom. The first-order chi connectivity index (χ1) is 9.15. The molecule has 1 saturated heterocycles. The summed E-state index contributed by atoms with van der Waals surface area (Å²) in [6.07, 6.45) is 4.67. The van der Waals surface area contributed by atoms with Gasteiger partial charge in [-0.15, -0.1) is 0 Å². The van der Waals surface area contributed by atoms with Crippen LogP contribution in [0.25, 0.3) is 0 Å². The van der Waals surface area contributed by atoms with Crippen molar-refractivity contribution in [1.29, 1.82) is 0 Å². The summed E-state index contributed by atoms with van der Waals surface area (Å²) < 4.78 is 0. The molecule has 1 heterocycles. The van der Waals surface area contributed by atoms with Crippen LogP contribution in [0.2, 0.25) is 0 Å². The van der Waals surface area contributed by atoms with E-state index in [0.29, 0.717) is 5.92 Å². The van der Waals surface area contributed by atoms with Crippen molar-refractivity contribution in [2.24, 2.45) is 5.92 Å². The molecule has 2 heteroatoms. The van der Waals surface area contributed by atoms with Gasteiger partial charge in [0.15, 0.2) is 0 Å². The van der Waals surface area contributed by atoms with E-state index in [1.807, 2.05) is 0 Å². The first kappa shape index (κ1) is 14.5. The third-order valence-electron chi connectivity index (χ3n) is 3.89. The lowest BCUT2D eigenvalue weighted by Gasteiger charge is -2.28. The van der Waals surface area contributed by atoms with Gasteiger partial charge in [0, 0.05) is 6.54 Å². The van der Waals surface area contributed by atoms with Crippen molar-refractivity contribution in [3.05, 3.63) is 35.4 Å².